The number of carbonyl (C=O) groups is 2. The van der Waals surface area contributed by atoms with Gasteiger partial charge in [0, 0.05) is 25.2 Å². The van der Waals surface area contributed by atoms with E-state index in [1.165, 1.54) is 13.1 Å². The first-order chi connectivity index (χ1) is 12.0. The lowest BCUT2D eigenvalue weighted by Gasteiger charge is -2.16. The van der Waals surface area contributed by atoms with Gasteiger partial charge in [0.05, 0.1) is 11.6 Å². The molecule has 0 saturated heterocycles. The van der Waals surface area contributed by atoms with Crippen LogP contribution in [0.5, 0.6) is 5.75 Å². The van der Waals surface area contributed by atoms with E-state index in [0.29, 0.717) is 17.7 Å². The molecule has 1 aromatic heterocycles. The maximum atomic E-state index is 12.1. The number of aromatic amines is 1. The third-order valence-corrected chi connectivity index (χ3v) is 3.64. The van der Waals surface area contributed by atoms with Crippen LogP contribution >= 0.6 is 0 Å². The van der Waals surface area contributed by atoms with Crippen LogP contribution in [-0.2, 0) is 0 Å². The zero-order valence-electron chi connectivity index (χ0n) is 14.3. The summed E-state index contributed by atoms with van der Waals surface area (Å²) >= 11 is 0. The molecule has 3 N–H and O–H groups in total. The average molecular weight is 340 g/mol. The quantitative estimate of drug-likeness (QED) is 0.749. The van der Waals surface area contributed by atoms with E-state index >= 15 is 0 Å². The molecule has 7 heteroatoms. The number of carbonyl (C=O) groups excluding carboxylic acids is 2. The summed E-state index contributed by atoms with van der Waals surface area (Å²) in [5.41, 5.74) is 1.59. The van der Waals surface area contributed by atoms with Crippen molar-refractivity contribution in [2.75, 3.05) is 13.6 Å². The molecule has 2 aromatic rings. The van der Waals surface area contributed by atoms with Gasteiger partial charge in [-0.15, -0.1) is 0 Å². The van der Waals surface area contributed by atoms with Gasteiger partial charge in [0.2, 0.25) is 0 Å². The molecule has 1 aromatic carbocycles. The summed E-state index contributed by atoms with van der Waals surface area (Å²) in [4.78, 5) is 26.9. The van der Waals surface area contributed by atoms with Crippen LogP contribution in [0.2, 0.25) is 0 Å². The Morgan fingerprint density at radius 1 is 1.32 bits per heavy atom. The predicted molar refractivity (Wildman–Crippen MR) is 92.4 cm³/mol. The van der Waals surface area contributed by atoms with E-state index in [9.17, 15) is 14.9 Å². The number of nitrogens with one attached hydrogen (secondary N) is 3. The third kappa shape index (κ3) is 3.98. The molecule has 130 valence electrons. The van der Waals surface area contributed by atoms with Crippen molar-refractivity contribution in [3.8, 4) is 11.8 Å². The lowest BCUT2D eigenvalue weighted by molar-refractivity contribution is 0.0951. The monoisotopic (exact) mass is 340 g/mol. The first-order valence-electron chi connectivity index (χ1n) is 7.90. The number of nitriles is 1. The largest absolute Gasteiger partial charge is 0.483 e. The Hall–Kier alpha value is -3.27. The van der Waals surface area contributed by atoms with Crippen LogP contribution in [0.1, 0.15) is 52.1 Å². The van der Waals surface area contributed by atoms with E-state index in [-0.39, 0.29) is 23.0 Å². The minimum Gasteiger partial charge on any atom is -0.483 e. The fourth-order valence-corrected chi connectivity index (χ4v) is 2.41. The Labute approximate surface area is 146 Å². The Morgan fingerprint density at radius 2 is 2.04 bits per heavy atom. The SMILES string of the molecule is CCNC(=O)c1cc(O[C@H](C)c2ccccc2C#N)c(C(=O)NC)[nH]1. The Bertz CT molecular complexity index is 820. The van der Waals surface area contributed by atoms with Crippen molar-refractivity contribution in [3.63, 3.8) is 0 Å². The van der Waals surface area contributed by atoms with Gasteiger partial charge < -0.3 is 20.4 Å². The summed E-state index contributed by atoms with van der Waals surface area (Å²) in [5, 5.41) is 14.4. The molecule has 0 fully saturated rings. The molecule has 0 aliphatic carbocycles. The fraction of sp³-hybridized carbons (Fsp3) is 0.278. The molecule has 0 aliphatic heterocycles. The van der Waals surface area contributed by atoms with E-state index in [2.05, 4.69) is 21.7 Å². The van der Waals surface area contributed by atoms with Crippen molar-refractivity contribution in [2.24, 2.45) is 0 Å². The summed E-state index contributed by atoms with van der Waals surface area (Å²) in [6.45, 7) is 4.05. The van der Waals surface area contributed by atoms with Crippen LogP contribution in [0.25, 0.3) is 0 Å². The number of amides is 2. The lowest BCUT2D eigenvalue weighted by Crippen LogP contribution is -2.23. The molecule has 0 radical (unpaired) electrons. The third-order valence-electron chi connectivity index (χ3n) is 3.64. The van der Waals surface area contributed by atoms with Gasteiger partial charge >= 0.3 is 0 Å². The molecule has 0 saturated carbocycles. The number of aromatic nitrogens is 1. The molecule has 2 amide bonds. The number of nitrogens with zero attached hydrogens (tertiary/aromatic N) is 1. The standard InChI is InChI=1S/C18H20N4O3/c1-4-21-17(23)14-9-15(16(22-14)18(24)20-3)25-11(2)13-8-6-5-7-12(13)10-19/h5-9,11,22H,4H2,1-3H3,(H,20,24)(H,21,23)/t11-/m1/s1. The normalized spacial score (nSPS) is 11.3. The average Bonchev–Trinajstić information content (AvgIpc) is 3.05. The van der Waals surface area contributed by atoms with E-state index < -0.39 is 12.0 Å². The first-order valence-corrected chi connectivity index (χ1v) is 7.90. The Balaban J connectivity index is 2.35. The molecule has 25 heavy (non-hydrogen) atoms. The molecule has 7 nitrogen and oxygen atoms in total. The molecule has 0 bridgehead atoms. The van der Waals surface area contributed by atoms with Gasteiger partial charge in [0.1, 0.15) is 17.5 Å². The fourth-order valence-electron chi connectivity index (χ4n) is 2.41. The van der Waals surface area contributed by atoms with Gasteiger partial charge in [-0.25, -0.2) is 0 Å². The number of rotatable bonds is 6. The highest BCUT2D eigenvalue weighted by Crippen LogP contribution is 2.28. The minimum absolute atomic E-state index is 0.157. The molecule has 1 heterocycles. The smallest absolute Gasteiger partial charge is 0.271 e. The molecular weight excluding hydrogens is 320 g/mol. The van der Waals surface area contributed by atoms with Crippen LogP contribution in [-0.4, -0.2) is 30.4 Å². The summed E-state index contributed by atoms with van der Waals surface area (Å²) in [5.74, 6) is -0.472. The summed E-state index contributed by atoms with van der Waals surface area (Å²) in [7, 11) is 1.49. The van der Waals surface area contributed by atoms with Crippen LogP contribution in [0.15, 0.2) is 30.3 Å². The van der Waals surface area contributed by atoms with Gasteiger partial charge in [0.15, 0.2) is 5.75 Å². The Kier molecular flexibility index (Phi) is 5.79. The van der Waals surface area contributed by atoms with Gasteiger partial charge in [-0.05, 0) is 19.9 Å². The Morgan fingerprint density at radius 3 is 2.68 bits per heavy atom. The zero-order valence-corrected chi connectivity index (χ0v) is 14.3. The van der Waals surface area contributed by atoms with Crippen molar-refractivity contribution in [3.05, 3.63) is 52.8 Å². The lowest BCUT2D eigenvalue weighted by atomic mass is 10.0. The number of H-pyrrole nitrogens is 1. The summed E-state index contributed by atoms with van der Waals surface area (Å²) in [6, 6.07) is 10.7. The van der Waals surface area contributed by atoms with Crippen LogP contribution in [0.3, 0.4) is 0 Å². The molecule has 0 unspecified atom stereocenters. The van der Waals surface area contributed by atoms with Gasteiger partial charge in [0.25, 0.3) is 11.8 Å². The van der Waals surface area contributed by atoms with E-state index in [0.717, 1.165) is 0 Å². The molecular formula is C18H20N4O3. The maximum absolute atomic E-state index is 12.1. The number of hydrogen-bond donors (Lipinski definition) is 3. The van der Waals surface area contributed by atoms with Crippen molar-refractivity contribution in [2.45, 2.75) is 20.0 Å². The first kappa shape index (κ1) is 18.1. The highest BCUT2D eigenvalue weighted by molar-refractivity contribution is 5.99. The van der Waals surface area contributed by atoms with Crippen molar-refractivity contribution < 1.29 is 14.3 Å². The second kappa shape index (κ2) is 8.02. The number of ether oxygens (including phenoxy) is 1. The summed E-state index contributed by atoms with van der Waals surface area (Å²) in [6.07, 6.45) is -0.475. The molecule has 1 atom stereocenters. The second-order valence-electron chi connectivity index (χ2n) is 5.32. The van der Waals surface area contributed by atoms with Crippen LogP contribution in [0.4, 0.5) is 0 Å². The predicted octanol–water partition coefficient (Wildman–Crippen LogP) is 2.14. The summed E-state index contributed by atoms with van der Waals surface area (Å²) < 4.78 is 5.88. The highest BCUT2D eigenvalue weighted by atomic mass is 16.5. The van der Waals surface area contributed by atoms with Crippen molar-refractivity contribution in [1.29, 1.82) is 5.26 Å². The number of benzene rings is 1. The topological polar surface area (TPSA) is 107 Å². The van der Waals surface area contributed by atoms with Gasteiger partial charge in [-0.1, -0.05) is 18.2 Å². The van der Waals surface area contributed by atoms with Crippen LogP contribution in [0, 0.1) is 11.3 Å². The number of hydrogen-bond acceptors (Lipinski definition) is 4. The minimum atomic E-state index is -0.475. The maximum Gasteiger partial charge on any atom is 0.271 e. The van der Waals surface area contributed by atoms with E-state index in [1.807, 2.05) is 6.07 Å². The van der Waals surface area contributed by atoms with Gasteiger partial charge in [-0.3, -0.25) is 9.59 Å². The van der Waals surface area contributed by atoms with Crippen molar-refractivity contribution >= 4 is 11.8 Å². The van der Waals surface area contributed by atoms with E-state index in [1.54, 1.807) is 32.0 Å². The molecule has 0 spiro atoms. The van der Waals surface area contributed by atoms with E-state index in [4.69, 9.17) is 4.74 Å². The second-order valence-corrected chi connectivity index (χ2v) is 5.32. The highest BCUT2D eigenvalue weighted by Gasteiger charge is 2.22. The molecule has 0 aliphatic rings. The zero-order chi connectivity index (χ0) is 18.4. The van der Waals surface area contributed by atoms with Crippen LogP contribution < -0.4 is 15.4 Å². The van der Waals surface area contributed by atoms with Crippen molar-refractivity contribution in [1.82, 2.24) is 15.6 Å². The van der Waals surface area contributed by atoms with Gasteiger partial charge in [-0.2, -0.15) is 5.26 Å². The molecule has 2 rings (SSSR count).